The molecule has 0 unspecified atom stereocenters. The van der Waals surface area contributed by atoms with Gasteiger partial charge < -0.3 is 15.2 Å². The minimum absolute atomic E-state index is 0.0498. The van der Waals surface area contributed by atoms with Crippen molar-refractivity contribution in [1.82, 2.24) is 5.32 Å². The average Bonchev–Trinajstić information content (AvgIpc) is 2.22. The largest absolute Gasteiger partial charge is 0.461 e. The van der Waals surface area contributed by atoms with Crippen LogP contribution in [0.1, 0.15) is 32.6 Å². The molecule has 1 fully saturated rings. The molecule has 0 spiro atoms. The number of carbonyl (C=O) groups is 1. The van der Waals surface area contributed by atoms with Crippen LogP contribution in [-0.4, -0.2) is 36.9 Å². The summed E-state index contributed by atoms with van der Waals surface area (Å²) in [4.78, 5) is 11.3. The zero-order valence-electron chi connectivity index (χ0n) is 9.37. The summed E-state index contributed by atoms with van der Waals surface area (Å²) in [5, 5.41) is 11.3. The Morgan fingerprint density at radius 2 is 2.07 bits per heavy atom. The topological polar surface area (TPSA) is 58.6 Å². The molecule has 0 aliphatic heterocycles. The van der Waals surface area contributed by atoms with Gasteiger partial charge in [-0.3, -0.25) is 4.79 Å². The first kappa shape index (κ1) is 12.5. The lowest BCUT2D eigenvalue weighted by atomic mass is 9.89. The molecule has 0 saturated heterocycles. The standard InChI is InChI=1S/C11H21NO3/c1-9-2-4-10(5-3-9)15-11(14)8-12-6-7-13/h9-10,12-13H,2-8H2,1H3. The molecule has 0 aromatic carbocycles. The molecule has 88 valence electrons. The fourth-order valence-corrected chi connectivity index (χ4v) is 1.84. The second-order valence-electron chi connectivity index (χ2n) is 4.27. The normalized spacial score (nSPS) is 26.3. The van der Waals surface area contributed by atoms with Crippen molar-refractivity contribution < 1.29 is 14.6 Å². The summed E-state index contributed by atoms with van der Waals surface area (Å²) < 4.78 is 5.30. The highest BCUT2D eigenvalue weighted by Crippen LogP contribution is 2.25. The molecule has 1 rings (SSSR count). The quantitative estimate of drug-likeness (QED) is 0.523. The van der Waals surface area contributed by atoms with E-state index in [9.17, 15) is 4.79 Å². The Bertz CT molecular complexity index is 188. The van der Waals surface area contributed by atoms with Crippen molar-refractivity contribution in [2.24, 2.45) is 5.92 Å². The second kappa shape index (κ2) is 6.80. The summed E-state index contributed by atoms with van der Waals surface area (Å²) >= 11 is 0. The maximum Gasteiger partial charge on any atom is 0.320 e. The van der Waals surface area contributed by atoms with Gasteiger partial charge in [0.2, 0.25) is 0 Å². The van der Waals surface area contributed by atoms with Crippen molar-refractivity contribution in [1.29, 1.82) is 0 Å². The van der Waals surface area contributed by atoms with E-state index in [0.717, 1.165) is 31.6 Å². The fourth-order valence-electron chi connectivity index (χ4n) is 1.84. The number of ether oxygens (including phenoxy) is 1. The molecule has 0 aromatic rings. The van der Waals surface area contributed by atoms with E-state index in [1.54, 1.807) is 0 Å². The van der Waals surface area contributed by atoms with Crippen molar-refractivity contribution in [3.05, 3.63) is 0 Å². The van der Waals surface area contributed by atoms with Crippen molar-refractivity contribution >= 4 is 5.97 Å². The van der Waals surface area contributed by atoms with Crippen LogP contribution >= 0.6 is 0 Å². The fraction of sp³-hybridized carbons (Fsp3) is 0.909. The Morgan fingerprint density at radius 1 is 1.40 bits per heavy atom. The van der Waals surface area contributed by atoms with Crippen LogP contribution in [0.4, 0.5) is 0 Å². The number of aliphatic hydroxyl groups is 1. The van der Waals surface area contributed by atoms with Crippen LogP contribution in [0.25, 0.3) is 0 Å². The van der Waals surface area contributed by atoms with Crippen LogP contribution in [-0.2, 0) is 9.53 Å². The lowest BCUT2D eigenvalue weighted by Crippen LogP contribution is -2.31. The molecule has 15 heavy (non-hydrogen) atoms. The van der Waals surface area contributed by atoms with E-state index in [4.69, 9.17) is 9.84 Å². The van der Waals surface area contributed by atoms with Gasteiger partial charge >= 0.3 is 5.97 Å². The summed E-state index contributed by atoms with van der Waals surface area (Å²) in [5.74, 6) is 0.565. The second-order valence-corrected chi connectivity index (χ2v) is 4.27. The lowest BCUT2D eigenvalue weighted by Gasteiger charge is -2.25. The van der Waals surface area contributed by atoms with Gasteiger partial charge in [0.05, 0.1) is 13.2 Å². The van der Waals surface area contributed by atoms with E-state index in [1.165, 1.54) is 0 Å². The van der Waals surface area contributed by atoms with Gasteiger partial charge in [0.15, 0.2) is 0 Å². The molecular formula is C11H21NO3. The molecule has 0 heterocycles. The summed E-state index contributed by atoms with van der Waals surface area (Å²) in [6, 6.07) is 0. The molecule has 1 aliphatic carbocycles. The van der Waals surface area contributed by atoms with Gasteiger partial charge in [-0.05, 0) is 31.6 Å². The lowest BCUT2D eigenvalue weighted by molar-refractivity contribution is -0.149. The molecule has 2 N–H and O–H groups in total. The van der Waals surface area contributed by atoms with E-state index in [0.29, 0.717) is 6.54 Å². The van der Waals surface area contributed by atoms with Gasteiger partial charge in [0.25, 0.3) is 0 Å². The summed E-state index contributed by atoms with van der Waals surface area (Å²) in [6.07, 6.45) is 4.41. The Balaban J connectivity index is 2.09. The molecule has 0 radical (unpaired) electrons. The number of hydrogen-bond donors (Lipinski definition) is 2. The van der Waals surface area contributed by atoms with Crippen LogP contribution in [0.15, 0.2) is 0 Å². The molecule has 0 amide bonds. The molecule has 4 nitrogen and oxygen atoms in total. The van der Waals surface area contributed by atoms with Crippen molar-refractivity contribution in [3.8, 4) is 0 Å². The maximum absolute atomic E-state index is 11.3. The highest BCUT2D eigenvalue weighted by molar-refractivity contribution is 5.71. The van der Waals surface area contributed by atoms with Crippen LogP contribution in [0.3, 0.4) is 0 Å². The Labute approximate surface area is 91.0 Å². The average molecular weight is 215 g/mol. The number of aliphatic hydroxyl groups excluding tert-OH is 1. The first-order valence-electron chi connectivity index (χ1n) is 5.73. The minimum atomic E-state index is -0.206. The van der Waals surface area contributed by atoms with Gasteiger partial charge in [-0.15, -0.1) is 0 Å². The van der Waals surface area contributed by atoms with Crippen LogP contribution < -0.4 is 5.32 Å². The molecule has 1 aliphatic rings. The Morgan fingerprint density at radius 3 is 2.67 bits per heavy atom. The zero-order valence-corrected chi connectivity index (χ0v) is 9.37. The van der Waals surface area contributed by atoms with Crippen LogP contribution in [0, 0.1) is 5.92 Å². The molecule has 1 saturated carbocycles. The van der Waals surface area contributed by atoms with Crippen molar-refractivity contribution in [3.63, 3.8) is 0 Å². The number of nitrogens with one attached hydrogen (secondary N) is 1. The zero-order chi connectivity index (χ0) is 11.1. The molecule has 4 heteroatoms. The molecule has 0 bridgehead atoms. The van der Waals surface area contributed by atoms with Gasteiger partial charge in [-0.1, -0.05) is 6.92 Å². The van der Waals surface area contributed by atoms with Crippen molar-refractivity contribution in [2.75, 3.05) is 19.7 Å². The highest BCUT2D eigenvalue weighted by atomic mass is 16.5. The monoisotopic (exact) mass is 215 g/mol. The number of hydrogen-bond acceptors (Lipinski definition) is 4. The third kappa shape index (κ3) is 5.14. The van der Waals surface area contributed by atoms with E-state index >= 15 is 0 Å². The molecule has 0 aromatic heterocycles. The van der Waals surface area contributed by atoms with E-state index < -0.39 is 0 Å². The van der Waals surface area contributed by atoms with Gasteiger partial charge in [0, 0.05) is 6.54 Å². The summed E-state index contributed by atoms with van der Waals surface area (Å²) in [7, 11) is 0. The number of carbonyl (C=O) groups excluding carboxylic acids is 1. The summed E-state index contributed by atoms with van der Waals surface area (Å²) in [5.41, 5.74) is 0. The first-order chi connectivity index (χ1) is 7.22. The smallest absolute Gasteiger partial charge is 0.320 e. The van der Waals surface area contributed by atoms with Crippen LogP contribution in [0.5, 0.6) is 0 Å². The van der Waals surface area contributed by atoms with Gasteiger partial charge in [-0.25, -0.2) is 0 Å². The van der Waals surface area contributed by atoms with Crippen LogP contribution in [0.2, 0.25) is 0 Å². The van der Waals surface area contributed by atoms with Gasteiger partial charge in [-0.2, -0.15) is 0 Å². The maximum atomic E-state index is 11.3. The van der Waals surface area contributed by atoms with Gasteiger partial charge in [0.1, 0.15) is 6.10 Å². The Kier molecular flexibility index (Phi) is 5.65. The third-order valence-electron chi connectivity index (χ3n) is 2.82. The molecule has 0 atom stereocenters. The minimum Gasteiger partial charge on any atom is -0.461 e. The third-order valence-corrected chi connectivity index (χ3v) is 2.82. The number of esters is 1. The predicted octanol–water partition coefficient (Wildman–Crippen LogP) is 0.690. The van der Waals surface area contributed by atoms with E-state index in [1.807, 2.05) is 0 Å². The first-order valence-corrected chi connectivity index (χ1v) is 5.73. The highest BCUT2D eigenvalue weighted by Gasteiger charge is 2.20. The number of rotatable bonds is 5. The van der Waals surface area contributed by atoms with E-state index in [-0.39, 0.29) is 25.2 Å². The van der Waals surface area contributed by atoms with Crippen molar-refractivity contribution in [2.45, 2.75) is 38.7 Å². The Hall–Kier alpha value is -0.610. The molecular weight excluding hydrogens is 194 g/mol. The summed E-state index contributed by atoms with van der Waals surface area (Å²) in [6.45, 7) is 2.93. The predicted molar refractivity (Wildman–Crippen MR) is 57.5 cm³/mol. The SMILES string of the molecule is CC1CCC(OC(=O)CNCCO)CC1. The van der Waals surface area contributed by atoms with E-state index in [2.05, 4.69) is 12.2 Å².